The van der Waals surface area contributed by atoms with Crippen LogP contribution in [0, 0.1) is 47.0 Å². The summed E-state index contributed by atoms with van der Waals surface area (Å²) in [4.78, 5) is 148. The molecule has 0 unspecified atom stereocenters. The van der Waals surface area contributed by atoms with Gasteiger partial charge in [0.1, 0.15) is 44.8 Å². The molecule has 0 bridgehead atoms. The lowest BCUT2D eigenvalue weighted by Crippen LogP contribution is -2.76. The number of halogens is 8. The van der Waals surface area contributed by atoms with Crippen LogP contribution in [-0.2, 0) is 78.2 Å². The third-order valence-electron chi connectivity index (χ3n) is 22.6. The summed E-state index contributed by atoms with van der Waals surface area (Å²) in [5.74, 6) is -15.2. The number of aromatic nitrogens is 5. The molecule has 596 valence electrons. The molecule has 3 aromatic carbocycles. The zero-order valence-electron chi connectivity index (χ0n) is 62.0. The summed E-state index contributed by atoms with van der Waals surface area (Å²) in [7, 11) is -3.15. The fourth-order valence-electron chi connectivity index (χ4n) is 17.0. The fraction of sp³-hybridized carbons (Fsp3) is 0.442. The lowest BCUT2D eigenvalue weighted by Gasteiger charge is -2.58. The molecule has 10 heterocycles. The van der Waals surface area contributed by atoms with Gasteiger partial charge in [-0.3, -0.25) is 52.7 Å². The van der Waals surface area contributed by atoms with Crippen LogP contribution in [0.2, 0.25) is 15.1 Å². The van der Waals surface area contributed by atoms with Gasteiger partial charge in [0.15, 0.2) is 9.84 Å². The van der Waals surface area contributed by atoms with Gasteiger partial charge >= 0.3 is 0 Å². The lowest BCUT2D eigenvalue weighted by molar-refractivity contribution is -0.181. The molecule has 16 rings (SSSR count). The molecule has 26 nitrogen and oxygen atoms in total. The quantitative estimate of drug-likeness (QED) is 0.0264. The van der Waals surface area contributed by atoms with Crippen LogP contribution in [0.4, 0.5) is 39.0 Å². The molecule has 1 spiro atoms. The number of aryl methyl sites for hydroxylation is 3. The normalized spacial score (nSPS) is 19.2. The minimum absolute atomic E-state index is 0.0216. The largest absolute Gasteiger partial charge is 0.340 e. The number of benzene rings is 3. The van der Waals surface area contributed by atoms with Gasteiger partial charge in [0.25, 0.3) is 64.6 Å². The first-order valence-electron chi connectivity index (χ1n) is 36.6. The lowest BCUT2D eigenvalue weighted by atomic mass is 9.70. The third-order valence-corrected chi connectivity index (χ3v) is 26.8. The number of ketones is 3. The molecule has 36 heteroatoms. The third kappa shape index (κ3) is 15.0. The van der Waals surface area contributed by atoms with Crippen LogP contribution in [0.15, 0.2) is 60.1 Å². The summed E-state index contributed by atoms with van der Waals surface area (Å²) in [6, 6.07) is 15.4. The minimum atomic E-state index is -3.20. The molecular weight excluding hydrogens is 1580 g/mol. The monoisotopic (exact) mass is 1660 g/mol. The summed E-state index contributed by atoms with van der Waals surface area (Å²) in [5, 5.41) is 26.0. The van der Waals surface area contributed by atoms with Gasteiger partial charge in [-0.1, -0.05) is 53.0 Å². The number of hydrogen-bond donors (Lipinski definition) is 6. The van der Waals surface area contributed by atoms with E-state index >= 15 is 0 Å². The number of alkyl halides is 5. The number of carbonyl (C=O) groups is 11. The van der Waals surface area contributed by atoms with E-state index in [1.807, 2.05) is 31.4 Å². The fourth-order valence-corrected chi connectivity index (χ4v) is 20.5. The molecule has 0 atom stereocenters. The topological polar surface area (TPSA) is 341 Å². The first-order valence-corrected chi connectivity index (χ1v) is 40.4. The van der Waals surface area contributed by atoms with Gasteiger partial charge in [-0.05, 0) is 163 Å². The van der Waals surface area contributed by atoms with Crippen molar-refractivity contribution in [1.29, 1.82) is 0 Å². The predicted molar refractivity (Wildman–Crippen MR) is 406 cm³/mol. The molecule has 8 amide bonds. The van der Waals surface area contributed by atoms with Crippen LogP contribution in [0.25, 0.3) is 0 Å². The molecule has 4 aromatic heterocycles. The Bertz CT molecular complexity index is 5380. The molecule has 0 radical (unpaired) electrons. The average molecular weight is 1660 g/mol. The number of Topliss-reactive ketones (excluding diaryl/α,β-unsaturated/α-hetero) is 3. The number of anilines is 3. The molecule has 9 aliphatic rings. The first-order chi connectivity index (χ1) is 53.2. The molecule has 3 saturated carbocycles. The van der Waals surface area contributed by atoms with E-state index in [0.29, 0.717) is 117 Å². The Kier molecular flexibility index (Phi) is 20.7. The van der Waals surface area contributed by atoms with Crippen LogP contribution in [0.5, 0.6) is 0 Å². The summed E-state index contributed by atoms with van der Waals surface area (Å²) < 4.78 is 97.7. The number of amides is 8. The predicted octanol–water partition coefficient (Wildman–Crippen LogP) is 10.1. The van der Waals surface area contributed by atoms with Crippen LogP contribution in [0.1, 0.15) is 176 Å². The van der Waals surface area contributed by atoms with E-state index in [-0.39, 0.29) is 77.2 Å². The molecule has 6 N–H and O–H groups in total. The van der Waals surface area contributed by atoms with Crippen molar-refractivity contribution in [2.45, 2.75) is 173 Å². The van der Waals surface area contributed by atoms with E-state index in [9.17, 15) is 83.1 Å². The molecule has 3 saturated heterocycles. The van der Waals surface area contributed by atoms with Gasteiger partial charge in [-0.15, -0.1) is 21.5 Å². The van der Waals surface area contributed by atoms with E-state index < -0.39 is 134 Å². The number of nitrogens with zero attached hydrogens (tertiary/aromatic N) is 7. The van der Waals surface area contributed by atoms with Gasteiger partial charge < -0.3 is 55.4 Å². The molecule has 6 aliphatic heterocycles. The summed E-state index contributed by atoms with van der Waals surface area (Å²) in [6.07, 6.45) is -0.0655. The van der Waals surface area contributed by atoms with Crippen molar-refractivity contribution in [1.82, 2.24) is 49.6 Å². The van der Waals surface area contributed by atoms with E-state index in [2.05, 4.69) is 42.1 Å². The Morgan fingerprint density at radius 2 is 0.850 bits per heavy atom. The average Bonchev–Trinajstić information content (AvgIpc) is 1.43. The maximum Gasteiger partial charge on any atom is 0.293 e. The van der Waals surface area contributed by atoms with E-state index in [1.165, 1.54) is 16.2 Å². The van der Waals surface area contributed by atoms with Gasteiger partial charge in [0.2, 0.25) is 11.8 Å². The Labute approximate surface area is 662 Å². The number of fused-ring (bicyclic) bond motifs is 3. The maximum absolute atomic E-state index is 14.1. The van der Waals surface area contributed by atoms with Crippen molar-refractivity contribution in [2.75, 3.05) is 53.6 Å². The van der Waals surface area contributed by atoms with Crippen LogP contribution >= 0.6 is 46.1 Å². The number of sulfone groups is 1. The molecule has 113 heavy (non-hydrogen) atoms. The Balaban J connectivity index is 0.000000141. The first kappa shape index (κ1) is 79.9. The highest BCUT2D eigenvalue weighted by Gasteiger charge is 2.67. The maximum atomic E-state index is 14.1. The zero-order chi connectivity index (χ0) is 81.3. The SMILES string of the molecule is Cc1ccc(NC(=O)c2c(C)c(C(=O)C(=O)NC3(C(=O)N4CC(F)C4)CC(F)(F)C3)c3n2CCC3)cc1Cl.Cc1ccc(NC(=O)c2c(C)c(C(=O)C(=O)NC3(C(=O)N4CC5(C4)CS(=O)(=O)C5)CC(F)(F)C3)c3n2CCC3)cc1Cl.Cc1ccc(NC(=O)c2c(C)c(C(=O)C(=O)NC3(c4nncs4)CC3)c3n2CCC3)cc1Cl. The summed E-state index contributed by atoms with van der Waals surface area (Å²) in [5.41, 5.74) is 4.54. The van der Waals surface area contributed by atoms with Crippen molar-refractivity contribution >= 4 is 138 Å². The van der Waals surface area contributed by atoms with Crippen molar-refractivity contribution in [2.24, 2.45) is 5.41 Å². The zero-order valence-corrected chi connectivity index (χ0v) is 65.9. The molecule has 7 aromatic rings. The van der Waals surface area contributed by atoms with E-state index in [4.69, 9.17) is 34.8 Å². The number of rotatable bonds is 18. The highest BCUT2D eigenvalue weighted by Crippen LogP contribution is 2.52. The van der Waals surface area contributed by atoms with Crippen molar-refractivity contribution in [3.8, 4) is 0 Å². The summed E-state index contributed by atoms with van der Waals surface area (Å²) in [6.45, 7) is 11.6. The second-order valence-corrected chi connectivity index (χ2v) is 35.3. The van der Waals surface area contributed by atoms with Crippen LogP contribution < -0.4 is 31.9 Å². The minimum Gasteiger partial charge on any atom is -0.340 e. The molecule has 6 fully saturated rings. The van der Waals surface area contributed by atoms with E-state index in [0.717, 1.165) is 46.5 Å². The smallest absolute Gasteiger partial charge is 0.293 e. The number of nitrogens with one attached hydrogen (secondary N) is 6. The second-order valence-electron chi connectivity index (χ2n) is 31.2. The number of carbonyl (C=O) groups excluding carboxylic acids is 11. The molecule has 3 aliphatic carbocycles. The standard InChI is InChI=1S/C28H29ClF2N4O6S.C26H26ClF3N4O4.C23H22ClN5O3S/c1-15-5-6-17(8-18(15)29)32-23(37)21-16(2)20(19-4-3-7-35(19)21)22(36)24(38)33-27(9-28(30,31)10-27)25(39)34-11-26(12-34)13-42(40,41)14-26;1-13-5-6-16(8-17(13)27)31-22(36)20-14(2)19(18-4-3-7-34(18)20)21(35)23(37)32-25(11-26(29,30)12-25)24(38)33-9-15(28)10-33;1-12-5-6-14(10-15(12)24)26-20(31)18-13(2)17(16-4-3-9-29(16)18)19(30)21(32)27-23(7-8-23)22-28-25-11-33-22/h5-6,8H,3-4,7,9-14H2,1-2H3,(H,32,37)(H,33,38);5-6,8,15H,3-4,7,9-12H2,1-2H3,(H,31,36)(H,32,37);5-6,10-11H,3-4,7-9H2,1-2H3,(H,26,31)(H,27,32). The highest BCUT2D eigenvalue weighted by atomic mass is 35.5. The number of likely N-dealkylation sites (tertiary alicyclic amines) is 2. The molecular formula is C77H77Cl3F5N13O13S2. The van der Waals surface area contributed by atoms with Crippen molar-refractivity contribution in [3.63, 3.8) is 0 Å². The van der Waals surface area contributed by atoms with Crippen LogP contribution in [0.3, 0.4) is 0 Å². The van der Waals surface area contributed by atoms with Crippen molar-refractivity contribution < 1.29 is 83.1 Å². The Hall–Kier alpha value is -9.70. The van der Waals surface area contributed by atoms with E-state index in [1.54, 1.807) is 83.9 Å². The second kappa shape index (κ2) is 29.3. The van der Waals surface area contributed by atoms with Crippen molar-refractivity contribution in [3.05, 3.63) is 164 Å². The number of hydrogen-bond acceptors (Lipinski definition) is 16. The van der Waals surface area contributed by atoms with Gasteiger partial charge in [-0.25, -0.2) is 30.4 Å². The van der Waals surface area contributed by atoms with Gasteiger partial charge in [0.05, 0.1) is 46.8 Å². The van der Waals surface area contributed by atoms with Crippen LogP contribution in [-0.4, -0.2) is 174 Å². The summed E-state index contributed by atoms with van der Waals surface area (Å²) >= 11 is 19.9. The Morgan fingerprint density at radius 3 is 1.15 bits per heavy atom. The van der Waals surface area contributed by atoms with Gasteiger partial charge in [0, 0.05) is 113 Å². The Morgan fingerprint density at radius 1 is 0.504 bits per heavy atom. The van der Waals surface area contributed by atoms with Gasteiger partial charge in [-0.2, -0.15) is 0 Å². The highest BCUT2D eigenvalue weighted by molar-refractivity contribution is 7.92.